The van der Waals surface area contributed by atoms with Gasteiger partial charge in [-0.2, -0.15) is 0 Å². The summed E-state index contributed by atoms with van der Waals surface area (Å²) in [7, 11) is 1.15. The standard InChI is InChI=1S/C10H23P/c1-5-8-10(11-4)9(6-2)7-3/h9-11H,5-8H2,1-4H3. The normalized spacial score (nSPS) is 15.0. The Kier molecular flexibility index (Phi) is 7.38. The molecule has 0 aliphatic heterocycles. The third-order valence-corrected chi connectivity index (χ3v) is 4.09. The van der Waals surface area contributed by atoms with Crippen molar-refractivity contribution in [2.75, 3.05) is 6.66 Å². The highest BCUT2D eigenvalue weighted by Gasteiger charge is 2.14. The van der Waals surface area contributed by atoms with Gasteiger partial charge >= 0.3 is 0 Å². The van der Waals surface area contributed by atoms with Crippen molar-refractivity contribution in [1.29, 1.82) is 0 Å². The molecule has 0 saturated carbocycles. The second kappa shape index (κ2) is 7.10. The molecule has 0 rings (SSSR count). The van der Waals surface area contributed by atoms with Crippen molar-refractivity contribution >= 4 is 8.58 Å². The predicted molar refractivity (Wildman–Crippen MR) is 57.0 cm³/mol. The molecule has 11 heavy (non-hydrogen) atoms. The summed E-state index contributed by atoms with van der Waals surface area (Å²) in [5.41, 5.74) is 1.02. The zero-order valence-corrected chi connectivity index (χ0v) is 9.48. The zero-order chi connectivity index (χ0) is 8.69. The quantitative estimate of drug-likeness (QED) is 0.536. The zero-order valence-electron chi connectivity index (χ0n) is 8.48. The monoisotopic (exact) mass is 174 g/mol. The van der Waals surface area contributed by atoms with Crippen LogP contribution in [0.15, 0.2) is 0 Å². The lowest BCUT2D eigenvalue weighted by Gasteiger charge is -2.23. The summed E-state index contributed by atoms with van der Waals surface area (Å²) in [5, 5.41) is 0. The summed E-state index contributed by atoms with van der Waals surface area (Å²) in [4.78, 5) is 0. The first-order valence-corrected chi connectivity index (χ1v) is 6.55. The third-order valence-electron chi connectivity index (χ3n) is 2.59. The van der Waals surface area contributed by atoms with Crippen LogP contribution in [-0.2, 0) is 0 Å². The Bertz CT molecular complexity index is 76.9. The van der Waals surface area contributed by atoms with E-state index in [2.05, 4.69) is 27.4 Å². The van der Waals surface area contributed by atoms with E-state index in [1.807, 2.05) is 0 Å². The first-order chi connectivity index (χ1) is 5.29. The third kappa shape index (κ3) is 4.11. The Morgan fingerprint density at radius 3 is 1.91 bits per heavy atom. The minimum Gasteiger partial charge on any atom is -0.122 e. The second-order valence-corrected chi connectivity index (χ2v) is 4.58. The summed E-state index contributed by atoms with van der Waals surface area (Å²) < 4.78 is 0. The maximum absolute atomic E-state index is 2.36. The summed E-state index contributed by atoms with van der Waals surface area (Å²) in [6.07, 6.45) is 5.56. The van der Waals surface area contributed by atoms with Gasteiger partial charge in [-0.3, -0.25) is 0 Å². The molecular weight excluding hydrogens is 151 g/mol. The Morgan fingerprint density at radius 2 is 1.64 bits per heavy atom. The van der Waals surface area contributed by atoms with Crippen LogP contribution >= 0.6 is 8.58 Å². The molecule has 0 aliphatic rings. The molecule has 0 spiro atoms. The van der Waals surface area contributed by atoms with Gasteiger partial charge in [-0.05, 0) is 24.7 Å². The van der Waals surface area contributed by atoms with Crippen molar-refractivity contribution in [2.24, 2.45) is 5.92 Å². The lowest BCUT2D eigenvalue weighted by atomic mass is 9.96. The molecule has 0 heterocycles. The summed E-state index contributed by atoms with van der Waals surface area (Å²) in [5.74, 6) is 0.998. The van der Waals surface area contributed by atoms with Gasteiger partial charge in [0.25, 0.3) is 0 Å². The predicted octanol–water partition coefficient (Wildman–Crippen LogP) is 3.90. The van der Waals surface area contributed by atoms with Gasteiger partial charge < -0.3 is 0 Å². The van der Waals surface area contributed by atoms with Gasteiger partial charge in [-0.1, -0.05) is 40.0 Å². The molecule has 0 amide bonds. The molecule has 1 heteroatoms. The minimum absolute atomic E-state index is 0.998. The summed E-state index contributed by atoms with van der Waals surface area (Å²) >= 11 is 0. The van der Waals surface area contributed by atoms with Gasteiger partial charge in [-0.25, -0.2) is 0 Å². The fourth-order valence-corrected chi connectivity index (χ4v) is 3.30. The molecule has 0 aromatic heterocycles. The first-order valence-electron chi connectivity index (χ1n) is 4.97. The van der Waals surface area contributed by atoms with Crippen molar-refractivity contribution in [3.05, 3.63) is 0 Å². The van der Waals surface area contributed by atoms with E-state index in [4.69, 9.17) is 0 Å². The first kappa shape index (κ1) is 11.4. The molecule has 0 saturated heterocycles. The largest absolute Gasteiger partial charge is 0.122 e. The molecular formula is C10H23P. The van der Waals surface area contributed by atoms with Crippen molar-refractivity contribution < 1.29 is 0 Å². The molecule has 0 N–H and O–H groups in total. The fourth-order valence-electron chi connectivity index (χ4n) is 1.78. The van der Waals surface area contributed by atoms with E-state index in [1.54, 1.807) is 0 Å². The van der Waals surface area contributed by atoms with Crippen LogP contribution in [0.3, 0.4) is 0 Å². The van der Waals surface area contributed by atoms with Crippen LogP contribution in [0.5, 0.6) is 0 Å². The second-order valence-electron chi connectivity index (χ2n) is 3.26. The van der Waals surface area contributed by atoms with Crippen LogP contribution in [0.4, 0.5) is 0 Å². The van der Waals surface area contributed by atoms with E-state index in [0.717, 1.165) is 20.2 Å². The lowest BCUT2D eigenvalue weighted by molar-refractivity contribution is 0.450. The van der Waals surface area contributed by atoms with E-state index in [1.165, 1.54) is 25.7 Å². The van der Waals surface area contributed by atoms with Crippen LogP contribution in [0, 0.1) is 5.92 Å². The summed E-state index contributed by atoms with van der Waals surface area (Å²) in [6, 6.07) is 0. The van der Waals surface area contributed by atoms with Crippen LogP contribution < -0.4 is 0 Å². The van der Waals surface area contributed by atoms with Crippen molar-refractivity contribution in [3.63, 3.8) is 0 Å². The Labute approximate surface area is 73.9 Å². The van der Waals surface area contributed by atoms with E-state index >= 15 is 0 Å². The van der Waals surface area contributed by atoms with Gasteiger partial charge in [0.1, 0.15) is 0 Å². The highest BCUT2D eigenvalue weighted by Crippen LogP contribution is 2.30. The Hall–Kier alpha value is 0.430. The maximum atomic E-state index is 2.36. The molecule has 68 valence electrons. The van der Waals surface area contributed by atoms with Crippen LogP contribution in [-0.4, -0.2) is 12.3 Å². The molecule has 0 aliphatic carbocycles. The average molecular weight is 174 g/mol. The van der Waals surface area contributed by atoms with Crippen molar-refractivity contribution in [1.82, 2.24) is 0 Å². The van der Waals surface area contributed by atoms with Gasteiger partial charge in [-0.15, -0.1) is 8.58 Å². The van der Waals surface area contributed by atoms with Gasteiger partial charge in [0.15, 0.2) is 0 Å². The van der Waals surface area contributed by atoms with Crippen LogP contribution in [0.25, 0.3) is 0 Å². The SMILES string of the molecule is CCCC(PC)C(CC)CC. The topological polar surface area (TPSA) is 0 Å². The molecule has 0 radical (unpaired) electrons. The molecule has 0 aromatic carbocycles. The van der Waals surface area contributed by atoms with Crippen molar-refractivity contribution in [3.8, 4) is 0 Å². The number of hydrogen-bond donors (Lipinski definition) is 0. The van der Waals surface area contributed by atoms with E-state index in [9.17, 15) is 0 Å². The Balaban J connectivity index is 3.76. The maximum Gasteiger partial charge on any atom is -0.0211 e. The van der Waals surface area contributed by atoms with Gasteiger partial charge in [0.2, 0.25) is 0 Å². The van der Waals surface area contributed by atoms with Gasteiger partial charge in [0, 0.05) is 0 Å². The highest BCUT2D eigenvalue weighted by atomic mass is 31.1. The summed E-state index contributed by atoms with van der Waals surface area (Å²) in [6.45, 7) is 9.32. The van der Waals surface area contributed by atoms with Crippen LogP contribution in [0.2, 0.25) is 0 Å². The number of hydrogen-bond acceptors (Lipinski definition) is 0. The minimum atomic E-state index is 0.998. The molecule has 0 aromatic rings. The molecule has 2 atom stereocenters. The fraction of sp³-hybridized carbons (Fsp3) is 1.00. The van der Waals surface area contributed by atoms with E-state index in [-0.39, 0.29) is 0 Å². The Morgan fingerprint density at radius 1 is 1.09 bits per heavy atom. The highest BCUT2D eigenvalue weighted by molar-refractivity contribution is 7.37. The van der Waals surface area contributed by atoms with E-state index < -0.39 is 0 Å². The number of rotatable bonds is 6. The molecule has 0 nitrogen and oxygen atoms in total. The van der Waals surface area contributed by atoms with Crippen LogP contribution in [0.1, 0.15) is 46.5 Å². The van der Waals surface area contributed by atoms with E-state index in [0.29, 0.717) is 0 Å². The van der Waals surface area contributed by atoms with Gasteiger partial charge in [0.05, 0.1) is 0 Å². The molecule has 0 fully saturated rings. The smallest absolute Gasteiger partial charge is 0.0211 e. The lowest BCUT2D eigenvalue weighted by Crippen LogP contribution is -2.13. The average Bonchev–Trinajstić information content (AvgIpc) is 2.05. The molecule has 0 bridgehead atoms. The molecule has 2 unspecified atom stereocenters. The van der Waals surface area contributed by atoms with Crippen molar-refractivity contribution in [2.45, 2.75) is 52.1 Å².